The summed E-state index contributed by atoms with van der Waals surface area (Å²) in [4.78, 5) is 13.6. The number of thiazole rings is 1. The number of nitrogens with one attached hydrogen (secondary N) is 2. The predicted octanol–water partition coefficient (Wildman–Crippen LogP) is 1.94. The number of rotatable bonds is 3. The van der Waals surface area contributed by atoms with Gasteiger partial charge in [0.05, 0.1) is 17.9 Å². The molecule has 5 heteroatoms. The van der Waals surface area contributed by atoms with E-state index in [-0.39, 0.29) is 4.87 Å². The van der Waals surface area contributed by atoms with Crippen molar-refractivity contribution in [3.8, 4) is 0 Å². The van der Waals surface area contributed by atoms with Gasteiger partial charge in [0.15, 0.2) is 0 Å². The maximum absolute atomic E-state index is 10.9. The van der Waals surface area contributed by atoms with Crippen molar-refractivity contribution in [3.63, 3.8) is 0 Å². The van der Waals surface area contributed by atoms with Gasteiger partial charge in [0.2, 0.25) is 0 Å². The molecule has 2 rings (SSSR count). The number of nitrogens with two attached hydrogens (primary N) is 1. The molecule has 0 atom stereocenters. The van der Waals surface area contributed by atoms with Crippen molar-refractivity contribution >= 4 is 22.7 Å². The third-order valence-electron chi connectivity index (χ3n) is 2.36. The van der Waals surface area contributed by atoms with Gasteiger partial charge in [-0.25, -0.2) is 0 Å². The molecule has 0 spiro atoms. The van der Waals surface area contributed by atoms with E-state index in [1.54, 1.807) is 5.38 Å². The summed E-state index contributed by atoms with van der Waals surface area (Å²) >= 11 is 1.16. The molecule has 0 aliphatic carbocycles. The zero-order valence-electron chi connectivity index (χ0n) is 8.91. The fourth-order valence-electron chi connectivity index (χ4n) is 1.43. The molecule has 1 heterocycles. The van der Waals surface area contributed by atoms with Gasteiger partial charge in [0, 0.05) is 11.1 Å². The van der Waals surface area contributed by atoms with E-state index in [0.29, 0.717) is 6.54 Å². The van der Waals surface area contributed by atoms with Crippen LogP contribution in [0.2, 0.25) is 0 Å². The van der Waals surface area contributed by atoms with Crippen LogP contribution in [0.25, 0.3) is 0 Å². The minimum absolute atomic E-state index is 0.0333. The number of benzene rings is 1. The molecule has 0 aliphatic heterocycles. The summed E-state index contributed by atoms with van der Waals surface area (Å²) in [6, 6.07) is 5.84. The second-order valence-corrected chi connectivity index (χ2v) is 4.41. The molecular formula is C11H13N3OS. The van der Waals surface area contributed by atoms with E-state index in [1.165, 1.54) is 0 Å². The van der Waals surface area contributed by atoms with E-state index in [9.17, 15) is 4.79 Å². The van der Waals surface area contributed by atoms with E-state index in [4.69, 9.17) is 5.73 Å². The number of H-pyrrole nitrogens is 1. The molecule has 0 unspecified atom stereocenters. The fourth-order valence-corrected chi connectivity index (χ4v) is 2.01. The van der Waals surface area contributed by atoms with E-state index in [2.05, 4.69) is 10.3 Å². The number of hydrogen-bond donors (Lipinski definition) is 3. The third kappa shape index (κ3) is 2.25. The van der Waals surface area contributed by atoms with Gasteiger partial charge in [0.25, 0.3) is 0 Å². The lowest BCUT2D eigenvalue weighted by molar-refractivity contribution is 1.06. The van der Waals surface area contributed by atoms with Crippen molar-refractivity contribution in [1.29, 1.82) is 0 Å². The largest absolute Gasteiger partial charge is 0.397 e. The first kappa shape index (κ1) is 10.8. The highest BCUT2D eigenvalue weighted by atomic mass is 32.1. The van der Waals surface area contributed by atoms with E-state index >= 15 is 0 Å². The molecule has 0 saturated carbocycles. The second kappa shape index (κ2) is 4.40. The maximum Gasteiger partial charge on any atom is 0.304 e. The standard InChI is InChI=1S/C11H13N3OS/c1-7-3-2-4-9(10(7)12)13-5-8-6-16-11(15)14-8/h2-4,6,13H,5,12H2,1H3,(H,14,15). The van der Waals surface area contributed by atoms with Crippen LogP contribution < -0.4 is 15.9 Å². The van der Waals surface area contributed by atoms with Crippen molar-refractivity contribution < 1.29 is 0 Å². The Morgan fingerprint density at radius 3 is 3.00 bits per heavy atom. The predicted molar refractivity (Wildman–Crippen MR) is 67.9 cm³/mol. The zero-order valence-corrected chi connectivity index (χ0v) is 9.73. The second-order valence-electron chi connectivity index (χ2n) is 3.56. The van der Waals surface area contributed by atoms with Gasteiger partial charge in [-0.1, -0.05) is 23.5 Å². The molecule has 0 aliphatic rings. The number of hydrogen-bond acceptors (Lipinski definition) is 4. The summed E-state index contributed by atoms with van der Waals surface area (Å²) in [7, 11) is 0. The van der Waals surface area contributed by atoms with Crippen LogP contribution in [0.5, 0.6) is 0 Å². The van der Waals surface area contributed by atoms with E-state index in [1.807, 2.05) is 25.1 Å². The molecule has 4 N–H and O–H groups in total. The number of para-hydroxylation sites is 1. The highest BCUT2D eigenvalue weighted by Crippen LogP contribution is 2.22. The first-order chi connectivity index (χ1) is 7.66. The minimum atomic E-state index is -0.0333. The minimum Gasteiger partial charge on any atom is -0.397 e. The normalized spacial score (nSPS) is 10.3. The van der Waals surface area contributed by atoms with Crippen molar-refractivity contribution in [1.82, 2.24) is 4.98 Å². The molecule has 0 bridgehead atoms. The van der Waals surface area contributed by atoms with Crippen molar-refractivity contribution in [2.24, 2.45) is 0 Å². The first-order valence-electron chi connectivity index (χ1n) is 4.92. The zero-order chi connectivity index (χ0) is 11.5. The molecule has 0 amide bonds. The van der Waals surface area contributed by atoms with Crippen LogP contribution >= 0.6 is 11.3 Å². The van der Waals surface area contributed by atoms with Crippen LogP contribution in [0.3, 0.4) is 0 Å². The fraction of sp³-hybridized carbons (Fsp3) is 0.182. The van der Waals surface area contributed by atoms with E-state index in [0.717, 1.165) is 34.0 Å². The lowest BCUT2D eigenvalue weighted by Gasteiger charge is -2.09. The molecule has 1 aromatic heterocycles. The molecule has 0 fully saturated rings. The molecule has 2 aromatic rings. The Balaban J connectivity index is 2.10. The summed E-state index contributed by atoms with van der Waals surface area (Å²) in [5, 5.41) is 5.00. The highest BCUT2D eigenvalue weighted by molar-refractivity contribution is 7.07. The SMILES string of the molecule is Cc1cccc(NCc2csc(=O)[nH]2)c1N. The van der Waals surface area contributed by atoms with Gasteiger partial charge in [0.1, 0.15) is 0 Å². The van der Waals surface area contributed by atoms with Gasteiger partial charge in [-0.05, 0) is 18.6 Å². The Bertz CT molecular complexity index is 544. The van der Waals surface area contributed by atoms with Crippen LogP contribution in [0.1, 0.15) is 11.3 Å². The summed E-state index contributed by atoms with van der Waals surface area (Å²) in [5.74, 6) is 0. The average Bonchev–Trinajstić information content (AvgIpc) is 2.67. The van der Waals surface area contributed by atoms with Crippen LogP contribution in [0, 0.1) is 6.92 Å². The summed E-state index contributed by atoms with van der Waals surface area (Å²) < 4.78 is 0. The topological polar surface area (TPSA) is 70.9 Å². The third-order valence-corrected chi connectivity index (χ3v) is 3.08. The number of aromatic nitrogens is 1. The lowest BCUT2D eigenvalue weighted by atomic mass is 10.2. The van der Waals surface area contributed by atoms with Crippen LogP contribution in [0.4, 0.5) is 11.4 Å². The Hall–Kier alpha value is -1.75. The Kier molecular flexibility index (Phi) is 2.96. The number of aryl methyl sites for hydroxylation is 1. The Morgan fingerprint density at radius 2 is 2.31 bits per heavy atom. The number of aromatic amines is 1. The lowest BCUT2D eigenvalue weighted by Crippen LogP contribution is -2.05. The smallest absolute Gasteiger partial charge is 0.304 e. The monoisotopic (exact) mass is 235 g/mol. The Labute approximate surface area is 97.1 Å². The van der Waals surface area contributed by atoms with Gasteiger partial charge < -0.3 is 16.0 Å². The molecule has 84 valence electrons. The molecule has 1 aromatic carbocycles. The van der Waals surface area contributed by atoms with Gasteiger partial charge in [-0.15, -0.1) is 0 Å². The van der Waals surface area contributed by atoms with Gasteiger partial charge in [-0.2, -0.15) is 0 Å². The van der Waals surface area contributed by atoms with E-state index < -0.39 is 0 Å². The van der Waals surface area contributed by atoms with Crippen molar-refractivity contribution in [2.75, 3.05) is 11.1 Å². The van der Waals surface area contributed by atoms with Gasteiger partial charge >= 0.3 is 4.87 Å². The maximum atomic E-state index is 10.9. The van der Waals surface area contributed by atoms with Crippen LogP contribution in [-0.4, -0.2) is 4.98 Å². The van der Waals surface area contributed by atoms with Gasteiger partial charge in [-0.3, -0.25) is 4.79 Å². The van der Waals surface area contributed by atoms with Crippen molar-refractivity contribution in [2.45, 2.75) is 13.5 Å². The van der Waals surface area contributed by atoms with Crippen LogP contribution in [-0.2, 0) is 6.54 Å². The molecule has 0 radical (unpaired) electrons. The average molecular weight is 235 g/mol. The highest BCUT2D eigenvalue weighted by Gasteiger charge is 2.01. The van der Waals surface area contributed by atoms with Crippen LogP contribution in [0.15, 0.2) is 28.4 Å². The summed E-state index contributed by atoms with van der Waals surface area (Å²) in [6.45, 7) is 2.54. The number of anilines is 2. The molecular weight excluding hydrogens is 222 g/mol. The first-order valence-corrected chi connectivity index (χ1v) is 5.80. The molecule has 16 heavy (non-hydrogen) atoms. The summed E-state index contributed by atoms with van der Waals surface area (Å²) in [5.41, 5.74) is 9.48. The molecule has 0 saturated heterocycles. The summed E-state index contributed by atoms with van der Waals surface area (Å²) in [6.07, 6.45) is 0. The van der Waals surface area contributed by atoms with Crippen molar-refractivity contribution in [3.05, 3.63) is 44.5 Å². The molecule has 4 nitrogen and oxygen atoms in total. The Morgan fingerprint density at radius 1 is 1.50 bits per heavy atom. The quantitative estimate of drug-likeness (QED) is 0.712. The number of nitrogen functional groups attached to an aromatic ring is 1.